The van der Waals surface area contributed by atoms with Gasteiger partial charge in [0.15, 0.2) is 0 Å². The molecule has 0 radical (unpaired) electrons. The molecule has 0 aromatic rings. The summed E-state index contributed by atoms with van der Waals surface area (Å²) in [5.41, 5.74) is 4.45. The third-order valence-electron chi connectivity index (χ3n) is 0.903. The first kappa shape index (κ1) is 10.2. The quantitative estimate of drug-likeness (QED) is 0.329. The summed E-state index contributed by atoms with van der Waals surface area (Å²) < 4.78 is 0. The van der Waals surface area contributed by atoms with Crippen LogP contribution in [-0.2, 0) is 9.59 Å². The first-order valence-electron chi connectivity index (χ1n) is 2.93. The number of hydrazine groups is 1. The Morgan fingerprint density at radius 2 is 2.18 bits per heavy atom. The van der Waals surface area contributed by atoms with Crippen molar-refractivity contribution in [2.45, 2.75) is 13.0 Å². The van der Waals surface area contributed by atoms with Crippen LogP contribution in [0.15, 0.2) is 0 Å². The van der Waals surface area contributed by atoms with Gasteiger partial charge in [-0.2, -0.15) is 12.6 Å². The fourth-order valence-electron chi connectivity index (χ4n) is 0.374. The normalized spacial score (nSPS) is 12.2. The fraction of sp³-hybridized carbons (Fsp3) is 0.600. The summed E-state index contributed by atoms with van der Waals surface area (Å²) >= 11 is 3.76. The van der Waals surface area contributed by atoms with Crippen molar-refractivity contribution in [3.05, 3.63) is 0 Å². The fourth-order valence-corrected chi connectivity index (χ4v) is 0.622. The molecule has 0 saturated carbocycles. The van der Waals surface area contributed by atoms with Crippen LogP contribution in [0.2, 0.25) is 0 Å². The molecule has 64 valence electrons. The number of carbonyl (C=O) groups is 2. The van der Waals surface area contributed by atoms with Crippen molar-refractivity contribution >= 4 is 24.5 Å². The monoisotopic (exact) mass is 178 g/mol. The summed E-state index contributed by atoms with van der Waals surface area (Å²) in [6.45, 7) is 1.28. The van der Waals surface area contributed by atoms with Gasteiger partial charge in [-0.3, -0.25) is 15.0 Å². The van der Waals surface area contributed by atoms with Gasteiger partial charge in [-0.1, -0.05) is 0 Å². The van der Waals surface area contributed by atoms with Gasteiger partial charge in [0.25, 0.3) is 0 Å². The average Bonchev–Trinajstić information content (AvgIpc) is 1.87. The number of nitrogens with one attached hydrogen (secondary N) is 2. The molecular weight excluding hydrogens is 168 g/mol. The minimum absolute atomic E-state index is 0.121. The minimum atomic E-state index is -1.05. The van der Waals surface area contributed by atoms with Crippen LogP contribution in [0, 0.1) is 0 Å². The van der Waals surface area contributed by atoms with Gasteiger partial charge in [0, 0.05) is 12.7 Å². The number of amides is 1. The smallest absolute Gasteiger partial charge is 0.323 e. The molecule has 0 aliphatic heterocycles. The molecule has 0 fully saturated rings. The van der Waals surface area contributed by atoms with Gasteiger partial charge in [0.2, 0.25) is 5.91 Å². The van der Waals surface area contributed by atoms with Crippen LogP contribution in [0.5, 0.6) is 0 Å². The molecule has 11 heavy (non-hydrogen) atoms. The van der Waals surface area contributed by atoms with E-state index in [-0.39, 0.29) is 11.7 Å². The maximum Gasteiger partial charge on any atom is 0.323 e. The van der Waals surface area contributed by atoms with Gasteiger partial charge < -0.3 is 5.11 Å². The predicted octanol–water partition coefficient (Wildman–Crippen LogP) is -0.990. The van der Waals surface area contributed by atoms with E-state index in [2.05, 4.69) is 23.5 Å². The lowest BCUT2D eigenvalue weighted by atomic mass is 10.4. The molecule has 0 bridgehead atoms. The van der Waals surface area contributed by atoms with Crippen LogP contribution < -0.4 is 10.9 Å². The van der Waals surface area contributed by atoms with E-state index >= 15 is 0 Å². The van der Waals surface area contributed by atoms with Crippen molar-refractivity contribution in [3.8, 4) is 0 Å². The van der Waals surface area contributed by atoms with Gasteiger partial charge >= 0.3 is 5.97 Å². The van der Waals surface area contributed by atoms with Crippen molar-refractivity contribution in [2.24, 2.45) is 0 Å². The molecule has 6 heteroatoms. The molecule has 5 nitrogen and oxygen atoms in total. The molecular formula is C5H10N2O3S. The lowest BCUT2D eigenvalue weighted by Gasteiger charge is -2.10. The van der Waals surface area contributed by atoms with Crippen LogP contribution in [0.25, 0.3) is 0 Å². The summed E-state index contributed by atoms with van der Waals surface area (Å²) in [5, 5.41) is 8.42. The zero-order valence-electron chi connectivity index (χ0n) is 6.00. The number of thiol groups is 1. The highest BCUT2D eigenvalue weighted by Gasteiger charge is 2.14. The summed E-state index contributed by atoms with van der Waals surface area (Å²) in [7, 11) is 0. The highest BCUT2D eigenvalue weighted by molar-refractivity contribution is 7.80. The van der Waals surface area contributed by atoms with E-state index in [9.17, 15) is 9.59 Å². The van der Waals surface area contributed by atoms with Gasteiger partial charge in [-0.05, 0) is 0 Å². The molecule has 0 saturated heterocycles. The first-order chi connectivity index (χ1) is 5.07. The van der Waals surface area contributed by atoms with Crippen molar-refractivity contribution in [3.63, 3.8) is 0 Å². The number of aliphatic carboxylic acids is 1. The molecule has 0 aliphatic carbocycles. The summed E-state index contributed by atoms with van der Waals surface area (Å²) in [6.07, 6.45) is 0. The number of carbonyl (C=O) groups excluding carboxylic acids is 1. The Bertz CT molecular complexity index is 162. The second-order valence-electron chi connectivity index (χ2n) is 1.90. The summed E-state index contributed by atoms with van der Waals surface area (Å²) in [5.74, 6) is -1.26. The Kier molecular flexibility index (Phi) is 4.64. The standard InChI is InChI=1S/C5H10N2O3S/c1-3(8)6-7-4(2-11)5(9)10/h4,7,11H,2H2,1H3,(H,6,8)(H,9,10). The predicted molar refractivity (Wildman–Crippen MR) is 42.2 cm³/mol. The van der Waals surface area contributed by atoms with E-state index in [0.717, 1.165) is 0 Å². The molecule has 0 aliphatic rings. The second-order valence-corrected chi connectivity index (χ2v) is 2.26. The van der Waals surface area contributed by atoms with E-state index in [1.807, 2.05) is 0 Å². The van der Waals surface area contributed by atoms with E-state index in [4.69, 9.17) is 5.11 Å². The number of hydrogen-bond donors (Lipinski definition) is 4. The molecule has 0 spiro atoms. The summed E-state index contributed by atoms with van der Waals surface area (Å²) in [4.78, 5) is 20.6. The first-order valence-corrected chi connectivity index (χ1v) is 3.57. The lowest BCUT2D eigenvalue weighted by molar-refractivity contribution is -0.139. The third-order valence-corrected chi connectivity index (χ3v) is 1.27. The van der Waals surface area contributed by atoms with Crippen molar-refractivity contribution < 1.29 is 14.7 Å². The molecule has 1 atom stereocenters. The average molecular weight is 178 g/mol. The van der Waals surface area contributed by atoms with Gasteiger partial charge in [0.05, 0.1) is 0 Å². The van der Waals surface area contributed by atoms with Crippen LogP contribution in [0.4, 0.5) is 0 Å². The van der Waals surface area contributed by atoms with Crippen LogP contribution in [-0.4, -0.2) is 28.8 Å². The SMILES string of the molecule is CC(=O)NNC(CS)C(=O)O. The van der Waals surface area contributed by atoms with Gasteiger partial charge in [-0.25, -0.2) is 5.43 Å². The van der Waals surface area contributed by atoms with Gasteiger partial charge in [0.1, 0.15) is 6.04 Å². The lowest BCUT2D eigenvalue weighted by Crippen LogP contribution is -2.48. The van der Waals surface area contributed by atoms with Crippen LogP contribution in [0.3, 0.4) is 0 Å². The molecule has 0 aromatic carbocycles. The highest BCUT2D eigenvalue weighted by Crippen LogP contribution is 1.85. The maximum atomic E-state index is 10.3. The number of rotatable bonds is 4. The molecule has 1 amide bonds. The Morgan fingerprint density at radius 1 is 1.64 bits per heavy atom. The Morgan fingerprint density at radius 3 is 2.45 bits per heavy atom. The Balaban J connectivity index is 3.70. The Hall–Kier alpha value is -0.750. The molecule has 0 aromatic heterocycles. The zero-order valence-corrected chi connectivity index (χ0v) is 6.89. The molecule has 0 heterocycles. The summed E-state index contributed by atoms with van der Waals surface area (Å²) in [6, 6.07) is -0.845. The topological polar surface area (TPSA) is 78.4 Å². The van der Waals surface area contributed by atoms with Gasteiger partial charge in [-0.15, -0.1) is 0 Å². The van der Waals surface area contributed by atoms with E-state index < -0.39 is 12.0 Å². The number of hydrogen-bond acceptors (Lipinski definition) is 4. The minimum Gasteiger partial charge on any atom is -0.480 e. The Labute approximate surface area is 69.5 Å². The largest absolute Gasteiger partial charge is 0.480 e. The highest BCUT2D eigenvalue weighted by atomic mass is 32.1. The van der Waals surface area contributed by atoms with E-state index in [0.29, 0.717) is 0 Å². The zero-order chi connectivity index (χ0) is 8.85. The van der Waals surface area contributed by atoms with E-state index in [1.165, 1.54) is 6.92 Å². The number of carboxylic acids is 1. The van der Waals surface area contributed by atoms with Crippen molar-refractivity contribution in [2.75, 3.05) is 5.75 Å². The third kappa shape index (κ3) is 4.63. The van der Waals surface area contributed by atoms with Crippen LogP contribution >= 0.6 is 12.6 Å². The molecule has 0 rings (SSSR count). The van der Waals surface area contributed by atoms with Crippen molar-refractivity contribution in [1.82, 2.24) is 10.9 Å². The second kappa shape index (κ2) is 4.97. The molecule has 1 unspecified atom stereocenters. The van der Waals surface area contributed by atoms with Crippen molar-refractivity contribution in [1.29, 1.82) is 0 Å². The van der Waals surface area contributed by atoms with E-state index in [1.54, 1.807) is 0 Å². The maximum absolute atomic E-state index is 10.3. The molecule has 3 N–H and O–H groups in total. The van der Waals surface area contributed by atoms with Crippen LogP contribution in [0.1, 0.15) is 6.92 Å². The number of carboxylic acid groups (broad SMARTS) is 1.